The molecule has 1 heterocycles. The first kappa shape index (κ1) is 15.1. The van der Waals surface area contributed by atoms with E-state index in [0.29, 0.717) is 5.56 Å². The third-order valence-corrected chi connectivity index (χ3v) is 5.69. The molecule has 22 heavy (non-hydrogen) atoms. The lowest BCUT2D eigenvalue weighted by Gasteiger charge is -2.22. The molecule has 2 aromatic rings. The van der Waals surface area contributed by atoms with Crippen LogP contribution in [-0.4, -0.2) is 23.7 Å². The summed E-state index contributed by atoms with van der Waals surface area (Å²) in [5.41, 5.74) is 1.31. The molecule has 6 heteroatoms. The lowest BCUT2D eigenvalue weighted by molar-refractivity contribution is 0.398. The normalized spacial score (nSPS) is 15.2. The van der Waals surface area contributed by atoms with E-state index in [4.69, 9.17) is 0 Å². The summed E-state index contributed by atoms with van der Waals surface area (Å²) in [5.74, 6) is -0.499. The number of nitrogens with zero attached hydrogens (tertiary/aromatic N) is 2. The second-order valence-electron chi connectivity index (χ2n) is 5.55. The van der Waals surface area contributed by atoms with E-state index in [1.54, 1.807) is 31.5 Å². The molecule has 116 valence electrons. The summed E-state index contributed by atoms with van der Waals surface area (Å²) in [5, 5.41) is 0. The summed E-state index contributed by atoms with van der Waals surface area (Å²) in [7, 11) is -3.70. The van der Waals surface area contributed by atoms with Gasteiger partial charge in [-0.05, 0) is 55.2 Å². The molecule has 0 saturated heterocycles. The molecule has 0 radical (unpaired) electrons. The van der Waals surface area contributed by atoms with Crippen molar-refractivity contribution in [3.05, 3.63) is 59.7 Å². The van der Waals surface area contributed by atoms with Gasteiger partial charge in [0, 0.05) is 25.0 Å². The largest absolute Gasteiger partial charge is 0.265 e. The molecular formula is C16H17FN2O2S. The molecule has 0 atom stereocenters. The van der Waals surface area contributed by atoms with Gasteiger partial charge in [0.1, 0.15) is 5.82 Å². The highest BCUT2D eigenvalue weighted by Gasteiger charge is 2.38. The van der Waals surface area contributed by atoms with Gasteiger partial charge in [-0.15, -0.1) is 0 Å². The molecule has 0 unspecified atom stereocenters. The average molecular weight is 320 g/mol. The van der Waals surface area contributed by atoms with Crippen LogP contribution in [0, 0.1) is 12.7 Å². The highest BCUT2D eigenvalue weighted by atomic mass is 32.2. The van der Waals surface area contributed by atoms with Crippen molar-refractivity contribution < 1.29 is 12.8 Å². The summed E-state index contributed by atoms with van der Waals surface area (Å²) in [6.45, 7) is 1.90. The minimum Gasteiger partial charge on any atom is -0.265 e. The SMILES string of the molecule is Cc1ccc(S(=O)(=O)N(Cc2ccncc2)C2CC2)cc1F. The fourth-order valence-electron chi connectivity index (χ4n) is 2.31. The second-order valence-corrected chi connectivity index (χ2v) is 7.44. The molecule has 1 aromatic heterocycles. The Kier molecular flexibility index (Phi) is 3.97. The Balaban J connectivity index is 1.94. The van der Waals surface area contributed by atoms with Crippen molar-refractivity contribution in [3.8, 4) is 0 Å². The van der Waals surface area contributed by atoms with Crippen LogP contribution in [0.1, 0.15) is 24.0 Å². The Morgan fingerprint density at radius 2 is 1.91 bits per heavy atom. The molecule has 1 aromatic carbocycles. The Morgan fingerprint density at radius 3 is 2.50 bits per heavy atom. The van der Waals surface area contributed by atoms with Crippen LogP contribution in [0.3, 0.4) is 0 Å². The fraction of sp³-hybridized carbons (Fsp3) is 0.312. The zero-order valence-corrected chi connectivity index (χ0v) is 13.1. The summed E-state index contributed by atoms with van der Waals surface area (Å²) in [6.07, 6.45) is 4.97. The van der Waals surface area contributed by atoms with Gasteiger partial charge in [0.05, 0.1) is 4.90 Å². The van der Waals surface area contributed by atoms with Gasteiger partial charge >= 0.3 is 0 Å². The number of benzene rings is 1. The molecule has 0 bridgehead atoms. The number of aryl methyl sites for hydroxylation is 1. The van der Waals surface area contributed by atoms with Crippen LogP contribution in [0.15, 0.2) is 47.6 Å². The quantitative estimate of drug-likeness (QED) is 0.851. The Bertz CT molecular complexity index is 774. The molecule has 1 aliphatic carbocycles. The van der Waals surface area contributed by atoms with Crippen LogP contribution in [-0.2, 0) is 16.6 Å². The number of halogens is 1. The van der Waals surface area contributed by atoms with E-state index in [-0.39, 0.29) is 17.5 Å². The molecular weight excluding hydrogens is 303 g/mol. The highest BCUT2D eigenvalue weighted by Crippen LogP contribution is 2.33. The molecule has 3 rings (SSSR count). The smallest absolute Gasteiger partial charge is 0.243 e. The minimum absolute atomic E-state index is 0.00234. The van der Waals surface area contributed by atoms with E-state index >= 15 is 0 Å². The van der Waals surface area contributed by atoms with E-state index in [1.165, 1.54) is 16.4 Å². The first-order valence-corrected chi connectivity index (χ1v) is 8.59. The van der Waals surface area contributed by atoms with Crippen LogP contribution in [0.25, 0.3) is 0 Å². The predicted octanol–water partition coefficient (Wildman–Crippen LogP) is 2.88. The third-order valence-electron chi connectivity index (χ3n) is 3.79. The number of hydrogen-bond donors (Lipinski definition) is 0. The molecule has 4 nitrogen and oxygen atoms in total. The summed E-state index contributed by atoms with van der Waals surface area (Å²) >= 11 is 0. The van der Waals surface area contributed by atoms with E-state index in [1.807, 2.05) is 0 Å². The molecule has 1 saturated carbocycles. The zero-order valence-electron chi connectivity index (χ0n) is 12.2. The van der Waals surface area contributed by atoms with Crippen molar-refractivity contribution >= 4 is 10.0 Å². The van der Waals surface area contributed by atoms with Gasteiger partial charge in [0.15, 0.2) is 0 Å². The maximum absolute atomic E-state index is 13.7. The van der Waals surface area contributed by atoms with Crippen LogP contribution in [0.2, 0.25) is 0 Å². The lowest BCUT2D eigenvalue weighted by atomic mass is 10.2. The van der Waals surface area contributed by atoms with Crippen LogP contribution < -0.4 is 0 Å². The molecule has 0 amide bonds. The van der Waals surface area contributed by atoms with Gasteiger partial charge in [-0.3, -0.25) is 4.98 Å². The standard InChI is InChI=1S/C16H17FN2O2S/c1-12-2-5-15(10-16(12)17)22(20,21)19(14-3-4-14)11-13-6-8-18-9-7-13/h2,5-10,14H,3-4,11H2,1H3. The minimum atomic E-state index is -3.70. The number of hydrogen-bond acceptors (Lipinski definition) is 3. The van der Waals surface area contributed by atoms with Crippen molar-refractivity contribution in [2.24, 2.45) is 0 Å². The van der Waals surface area contributed by atoms with E-state index in [2.05, 4.69) is 4.98 Å². The first-order valence-electron chi connectivity index (χ1n) is 7.15. The van der Waals surface area contributed by atoms with Gasteiger partial charge in [-0.25, -0.2) is 12.8 Å². The summed E-state index contributed by atoms with van der Waals surface area (Å²) < 4.78 is 40.8. The zero-order chi connectivity index (χ0) is 15.7. The highest BCUT2D eigenvalue weighted by molar-refractivity contribution is 7.89. The van der Waals surface area contributed by atoms with Crippen LogP contribution in [0.5, 0.6) is 0 Å². The second kappa shape index (κ2) is 5.78. The van der Waals surface area contributed by atoms with E-state index in [9.17, 15) is 12.8 Å². The number of rotatable bonds is 5. The molecule has 0 spiro atoms. The molecule has 1 aliphatic rings. The fourth-order valence-corrected chi connectivity index (χ4v) is 4.00. The van der Waals surface area contributed by atoms with Gasteiger partial charge in [-0.2, -0.15) is 4.31 Å². The monoisotopic (exact) mass is 320 g/mol. The van der Waals surface area contributed by atoms with Gasteiger partial charge in [0.25, 0.3) is 0 Å². The third kappa shape index (κ3) is 3.03. The maximum atomic E-state index is 13.7. The van der Waals surface area contributed by atoms with Crippen molar-refractivity contribution in [2.75, 3.05) is 0 Å². The Hall–Kier alpha value is -1.79. The van der Waals surface area contributed by atoms with Gasteiger partial charge < -0.3 is 0 Å². The number of pyridine rings is 1. The topological polar surface area (TPSA) is 50.3 Å². The molecule has 1 fully saturated rings. The first-order chi connectivity index (χ1) is 10.5. The number of aromatic nitrogens is 1. The van der Waals surface area contributed by atoms with Crippen molar-refractivity contribution in [3.63, 3.8) is 0 Å². The van der Waals surface area contributed by atoms with Crippen LogP contribution in [0.4, 0.5) is 4.39 Å². The maximum Gasteiger partial charge on any atom is 0.243 e. The Labute approximate surface area is 129 Å². The van der Waals surface area contributed by atoms with Gasteiger partial charge in [0.2, 0.25) is 10.0 Å². The van der Waals surface area contributed by atoms with Crippen LogP contribution >= 0.6 is 0 Å². The summed E-state index contributed by atoms with van der Waals surface area (Å²) in [6, 6.07) is 7.66. The van der Waals surface area contributed by atoms with E-state index < -0.39 is 15.8 Å². The van der Waals surface area contributed by atoms with Crippen molar-refractivity contribution in [1.82, 2.24) is 9.29 Å². The average Bonchev–Trinajstić information content (AvgIpc) is 3.33. The van der Waals surface area contributed by atoms with Crippen molar-refractivity contribution in [2.45, 2.75) is 37.2 Å². The summed E-state index contributed by atoms with van der Waals surface area (Å²) in [4.78, 5) is 3.95. The molecule has 0 aliphatic heterocycles. The predicted molar refractivity (Wildman–Crippen MR) is 81.1 cm³/mol. The Morgan fingerprint density at radius 1 is 1.23 bits per heavy atom. The van der Waals surface area contributed by atoms with Crippen molar-refractivity contribution in [1.29, 1.82) is 0 Å². The van der Waals surface area contributed by atoms with E-state index in [0.717, 1.165) is 24.5 Å². The lowest BCUT2D eigenvalue weighted by Crippen LogP contribution is -2.32. The number of sulfonamides is 1. The molecule has 0 N–H and O–H groups in total. The van der Waals surface area contributed by atoms with Gasteiger partial charge in [-0.1, -0.05) is 6.07 Å².